The van der Waals surface area contributed by atoms with E-state index in [-0.39, 0.29) is 17.8 Å². The molecule has 0 saturated carbocycles. The maximum atomic E-state index is 11.1. The minimum atomic E-state index is -0.159. The number of rotatable bonds is 4. The molecule has 1 amide bonds. The highest BCUT2D eigenvalue weighted by molar-refractivity contribution is 6.27. The molecule has 0 aliphatic rings. The summed E-state index contributed by atoms with van der Waals surface area (Å²) in [5.41, 5.74) is 1.98. The van der Waals surface area contributed by atoms with Crippen molar-refractivity contribution in [1.82, 2.24) is 15.1 Å². The Morgan fingerprint density at radius 1 is 1.73 bits per heavy atom. The molecule has 0 aliphatic carbocycles. The second-order valence-corrected chi connectivity index (χ2v) is 3.72. The van der Waals surface area contributed by atoms with E-state index in [1.54, 1.807) is 0 Å². The van der Waals surface area contributed by atoms with Crippen molar-refractivity contribution in [2.45, 2.75) is 33.4 Å². The van der Waals surface area contributed by atoms with Crippen molar-refractivity contribution in [3.8, 4) is 0 Å². The van der Waals surface area contributed by atoms with Gasteiger partial charge in [-0.15, -0.1) is 11.6 Å². The zero-order chi connectivity index (χ0) is 11.4. The molecule has 1 rings (SSSR count). The smallest absolute Gasteiger partial charge is 0.235 e. The zero-order valence-electron chi connectivity index (χ0n) is 9.25. The molecule has 0 radical (unpaired) electrons. The van der Waals surface area contributed by atoms with Crippen LogP contribution in [0.2, 0.25) is 0 Å². The first-order valence-electron chi connectivity index (χ1n) is 4.97. The molecule has 0 aliphatic heterocycles. The molecule has 1 unspecified atom stereocenters. The maximum Gasteiger partial charge on any atom is 0.235 e. The van der Waals surface area contributed by atoms with Gasteiger partial charge < -0.3 is 5.32 Å². The molecular weight excluding hydrogens is 214 g/mol. The number of hydrogen-bond donors (Lipinski definition) is 1. The highest BCUT2D eigenvalue weighted by Gasteiger charge is 2.13. The second-order valence-electron chi connectivity index (χ2n) is 3.45. The van der Waals surface area contributed by atoms with E-state index in [9.17, 15) is 4.79 Å². The van der Waals surface area contributed by atoms with Crippen LogP contribution < -0.4 is 5.32 Å². The van der Waals surface area contributed by atoms with Crippen LogP contribution in [0.5, 0.6) is 0 Å². The molecule has 1 heterocycles. The van der Waals surface area contributed by atoms with Gasteiger partial charge in [-0.05, 0) is 20.8 Å². The molecule has 0 saturated heterocycles. The highest BCUT2D eigenvalue weighted by Crippen LogP contribution is 2.15. The lowest BCUT2D eigenvalue weighted by Gasteiger charge is -2.11. The third kappa shape index (κ3) is 2.96. The minimum Gasteiger partial charge on any atom is -0.348 e. The van der Waals surface area contributed by atoms with E-state index in [2.05, 4.69) is 10.4 Å². The van der Waals surface area contributed by atoms with Crippen molar-refractivity contribution in [3.63, 3.8) is 0 Å². The molecule has 1 aromatic heterocycles. The molecule has 1 aromatic rings. The van der Waals surface area contributed by atoms with Gasteiger partial charge in [-0.3, -0.25) is 9.48 Å². The zero-order valence-corrected chi connectivity index (χ0v) is 10.0. The summed E-state index contributed by atoms with van der Waals surface area (Å²) in [6.45, 7) is 6.72. The lowest BCUT2D eigenvalue weighted by molar-refractivity contribution is -0.119. The lowest BCUT2D eigenvalue weighted by atomic mass is 10.1. The van der Waals surface area contributed by atoms with Crippen LogP contribution in [0.1, 0.15) is 31.1 Å². The summed E-state index contributed by atoms with van der Waals surface area (Å²) in [5.74, 6) is -0.168. The SMILES string of the molecule is CCn1cc(C(C)NC(=O)CCl)c(C)n1. The number of hydrogen-bond acceptors (Lipinski definition) is 2. The third-order valence-corrected chi connectivity index (χ3v) is 2.52. The fourth-order valence-electron chi connectivity index (χ4n) is 1.48. The van der Waals surface area contributed by atoms with E-state index in [0.717, 1.165) is 17.8 Å². The first-order valence-corrected chi connectivity index (χ1v) is 5.51. The second kappa shape index (κ2) is 5.16. The number of aryl methyl sites for hydroxylation is 2. The molecule has 0 aromatic carbocycles. The van der Waals surface area contributed by atoms with Crippen molar-refractivity contribution >= 4 is 17.5 Å². The predicted octanol–water partition coefficient (Wildman–Crippen LogP) is 1.63. The minimum absolute atomic E-state index is 0.00863. The van der Waals surface area contributed by atoms with Gasteiger partial charge >= 0.3 is 0 Å². The van der Waals surface area contributed by atoms with Gasteiger partial charge in [-0.25, -0.2) is 0 Å². The standard InChI is InChI=1S/C10H16ClN3O/c1-4-14-6-9(8(3)13-14)7(2)12-10(15)5-11/h6-7H,4-5H2,1-3H3,(H,12,15). The van der Waals surface area contributed by atoms with Gasteiger partial charge in [0.1, 0.15) is 5.88 Å². The fourth-order valence-corrected chi connectivity index (χ4v) is 1.56. The summed E-state index contributed by atoms with van der Waals surface area (Å²) in [5, 5.41) is 7.12. The summed E-state index contributed by atoms with van der Waals surface area (Å²) in [7, 11) is 0. The summed E-state index contributed by atoms with van der Waals surface area (Å²) >= 11 is 5.42. The van der Waals surface area contributed by atoms with E-state index in [1.807, 2.05) is 31.6 Å². The van der Waals surface area contributed by atoms with Gasteiger partial charge in [0.25, 0.3) is 0 Å². The van der Waals surface area contributed by atoms with Crippen LogP contribution in [0.25, 0.3) is 0 Å². The van der Waals surface area contributed by atoms with Crippen LogP contribution in [-0.2, 0) is 11.3 Å². The Balaban J connectivity index is 2.76. The van der Waals surface area contributed by atoms with Crippen LogP contribution in [0, 0.1) is 6.92 Å². The van der Waals surface area contributed by atoms with Crippen LogP contribution in [0.15, 0.2) is 6.20 Å². The molecule has 0 bridgehead atoms. The third-order valence-electron chi connectivity index (χ3n) is 2.27. The Morgan fingerprint density at radius 2 is 2.40 bits per heavy atom. The highest BCUT2D eigenvalue weighted by atomic mass is 35.5. The number of alkyl halides is 1. The summed E-state index contributed by atoms with van der Waals surface area (Å²) < 4.78 is 1.86. The first-order chi connectivity index (χ1) is 7.08. The Bertz CT molecular complexity index is 348. The number of amides is 1. The van der Waals surface area contributed by atoms with Gasteiger partial charge in [-0.2, -0.15) is 5.10 Å². The van der Waals surface area contributed by atoms with Crippen LogP contribution >= 0.6 is 11.6 Å². The van der Waals surface area contributed by atoms with Crippen LogP contribution in [0.4, 0.5) is 0 Å². The summed E-state index contributed by atoms with van der Waals surface area (Å²) in [6.07, 6.45) is 1.95. The molecular formula is C10H16ClN3O. The normalized spacial score (nSPS) is 12.5. The van der Waals surface area contributed by atoms with Crippen molar-refractivity contribution in [2.75, 3.05) is 5.88 Å². The maximum absolute atomic E-state index is 11.1. The average molecular weight is 230 g/mol. The number of aromatic nitrogens is 2. The van der Waals surface area contributed by atoms with E-state index in [1.165, 1.54) is 0 Å². The summed E-state index contributed by atoms with van der Waals surface area (Å²) in [4.78, 5) is 11.1. The topological polar surface area (TPSA) is 46.9 Å². The number of nitrogens with one attached hydrogen (secondary N) is 1. The largest absolute Gasteiger partial charge is 0.348 e. The first kappa shape index (κ1) is 12.0. The Morgan fingerprint density at radius 3 is 2.87 bits per heavy atom. The van der Waals surface area contributed by atoms with Crippen LogP contribution in [0.3, 0.4) is 0 Å². The van der Waals surface area contributed by atoms with E-state index in [4.69, 9.17) is 11.6 Å². The average Bonchev–Trinajstić information content (AvgIpc) is 2.59. The molecule has 1 N–H and O–H groups in total. The Labute approximate surface area is 94.6 Å². The van der Waals surface area contributed by atoms with Crippen molar-refractivity contribution < 1.29 is 4.79 Å². The fraction of sp³-hybridized carbons (Fsp3) is 0.600. The van der Waals surface area contributed by atoms with E-state index >= 15 is 0 Å². The number of nitrogens with zero attached hydrogens (tertiary/aromatic N) is 2. The molecule has 1 atom stereocenters. The van der Waals surface area contributed by atoms with Gasteiger partial charge in [0, 0.05) is 18.3 Å². The molecule has 0 fully saturated rings. The van der Waals surface area contributed by atoms with Gasteiger partial charge in [0.05, 0.1) is 11.7 Å². The number of halogens is 1. The quantitative estimate of drug-likeness (QED) is 0.798. The molecule has 4 nitrogen and oxygen atoms in total. The molecule has 84 valence electrons. The van der Waals surface area contributed by atoms with Gasteiger partial charge in [-0.1, -0.05) is 0 Å². The Hall–Kier alpha value is -1.03. The molecule has 15 heavy (non-hydrogen) atoms. The summed E-state index contributed by atoms with van der Waals surface area (Å²) in [6, 6.07) is -0.0449. The van der Waals surface area contributed by atoms with Gasteiger partial charge in [0.2, 0.25) is 5.91 Å². The van der Waals surface area contributed by atoms with E-state index < -0.39 is 0 Å². The van der Waals surface area contributed by atoms with Crippen molar-refractivity contribution in [2.24, 2.45) is 0 Å². The number of carbonyl (C=O) groups is 1. The molecule has 0 spiro atoms. The monoisotopic (exact) mass is 229 g/mol. The lowest BCUT2D eigenvalue weighted by Crippen LogP contribution is -2.27. The van der Waals surface area contributed by atoms with Crippen molar-refractivity contribution in [1.29, 1.82) is 0 Å². The Kier molecular flexibility index (Phi) is 4.15. The number of carbonyl (C=O) groups excluding carboxylic acids is 1. The molecule has 5 heteroatoms. The predicted molar refractivity (Wildman–Crippen MR) is 59.9 cm³/mol. The van der Waals surface area contributed by atoms with E-state index in [0.29, 0.717) is 0 Å². The van der Waals surface area contributed by atoms with Crippen molar-refractivity contribution in [3.05, 3.63) is 17.5 Å². The van der Waals surface area contributed by atoms with Crippen LogP contribution in [-0.4, -0.2) is 21.6 Å². The van der Waals surface area contributed by atoms with Gasteiger partial charge in [0.15, 0.2) is 0 Å².